The van der Waals surface area contributed by atoms with Crippen LogP contribution in [-0.4, -0.2) is 53.2 Å². The number of piperidine rings is 1. The smallest absolute Gasteiger partial charge is 0.165 e. The van der Waals surface area contributed by atoms with E-state index in [0.717, 1.165) is 19.5 Å². The topological polar surface area (TPSA) is 52.5 Å². The van der Waals surface area contributed by atoms with Crippen molar-refractivity contribution in [2.24, 2.45) is 0 Å². The Hall–Kier alpha value is -2.73. The molecule has 1 saturated heterocycles. The lowest BCUT2D eigenvalue weighted by Gasteiger charge is -2.35. The van der Waals surface area contributed by atoms with Crippen LogP contribution >= 0.6 is 0 Å². The molecule has 1 aromatic heterocycles. The summed E-state index contributed by atoms with van der Waals surface area (Å²) in [7, 11) is 4.15. The Morgan fingerprint density at radius 2 is 2.00 bits per heavy atom. The molecule has 1 aliphatic rings. The number of hydrogen-bond acceptors (Lipinski definition) is 5. The minimum atomic E-state index is -0.309. The standard InChI is InChI=1S/C22H25FN4O/c1-26-12-6-5-7-16(26)14-27(2)22-18-13-15(23)10-11-19(18)24-21(25-22)17-8-3-4-9-20(17)28/h3-4,8-11,13,16,28H,5-7,12,14H2,1-2H3. The quantitative estimate of drug-likeness (QED) is 0.740. The number of phenols is 1. The third kappa shape index (κ3) is 3.64. The van der Waals surface area contributed by atoms with E-state index >= 15 is 0 Å². The molecule has 1 unspecified atom stereocenters. The second-order valence-corrected chi connectivity index (χ2v) is 7.56. The van der Waals surface area contributed by atoms with Crippen molar-refractivity contribution >= 4 is 16.7 Å². The number of para-hydroxylation sites is 1. The van der Waals surface area contributed by atoms with Crippen LogP contribution in [0.3, 0.4) is 0 Å². The van der Waals surface area contributed by atoms with E-state index in [9.17, 15) is 9.50 Å². The highest BCUT2D eigenvalue weighted by molar-refractivity contribution is 5.91. The van der Waals surface area contributed by atoms with Crippen molar-refractivity contribution in [2.45, 2.75) is 25.3 Å². The van der Waals surface area contributed by atoms with Gasteiger partial charge < -0.3 is 14.9 Å². The number of phenolic OH excluding ortho intramolecular Hbond substituents is 1. The lowest BCUT2D eigenvalue weighted by atomic mass is 10.0. The van der Waals surface area contributed by atoms with Crippen LogP contribution in [-0.2, 0) is 0 Å². The van der Waals surface area contributed by atoms with Gasteiger partial charge in [-0.05, 0) is 56.8 Å². The fourth-order valence-corrected chi connectivity index (χ4v) is 3.94. The first-order valence-electron chi connectivity index (χ1n) is 9.70. The molecule has 1 aliphatic heterocycles. The molecule has 0 spiro atoms. The first-order chi connectivity index (χ1) is 13.5. The van der Waals surface area contributed by atoms with Crippen molar-refractivity contribution in [3.8, 4) is 17.1 Å². The summed E-state index contributed by atoms with van der Waals surface area (Å²) in [6, 6.07) is 12.0. The van der Waals surface area contributed by atoms with Gasteiger partial charge in [-0.3, -0.25) is 0 Å². The number of rotatable bonds is 4. The minimum absolute atomic E-state index is 0.129. The van der Waals surface area contributed by atoms with Crippen molar-refractivity contribution in [1.29, 1.82) is 0 Å². The van der Waals surface area contributed by atoms with E-state index in [2.05, 4.69) is 21.8 Å². The summed E-state index contributed by atoms with van der Waals surface area (Å²) in [5.74, 6) is 0.943. The lowest BCUT2D eigenvalue weighted by Crippen LogP contribution is -2.44. The summed E-state index contributed by atoms with van der Waals surface area (Å²) in [4.78, 5) is 13.8. The number of likely N-dealkylation sites (N-methyl/N-ethyl adjacent to an activating group) is 2. The molecule has 2 heterocycles. The Bertz CT molecular complexity index is 993. The molecule has 5 nitrogen and oxygen atoms in total. The number of anilines is 1. The highest BCUT2D eigenvalue weighted by Gasteiger charge is 2.22. The van der Waals surface area contributed by atoms with Gasteiger partial charge in [-0.25, -0.2) is 14.4 Å². The van der Waals surface area contributed by atoms with Crippen LogP contribution in [0.15, 0.2) is 42.5 Å². The Morgan fingerprint density at radius 3 is 2.79 bits per heavy atom. The van der Waals surface area contributed by atoms with Crippen LogP contribution in [0.5, 0.6) is 5.75 Å². The molecule has 0 saturated carbocycles. The number of aromatic nitrogens is 2. The Morgan fingerprint density at radius 1 is 1.18 bits per heavy atom. The number of likely N-dealkylation sites (tertiary alicyclic amines) is 1. The highest BCUT2D eigenvalue weighted by Crippen LogP contribution is 2.32. The molecule has 3 aromatic rings. The van der Waals surface area contributed by atoms with Crippen LogP contribution in [0.25, 0.3) is 22.3 Å². The third-order valence-corrected chi connectivity index (χ3v) is 5.55. The van der Waals surface area contributed by atoms with Crippen LogP contribution in [0.1, 0.15) is 19.3 Å². The fraction of sp³-hybridized carbons (Fsp3) is 0.364. The van der Waals surface area contributed by atoms with Gasteiger partial charge in [0.2, 0.25) is 0 Å². The number of aromatic hydroxyl groups is 1. The van der Waals surface area contributed by atoms with E-state index in [0.29, 0.717) is 34.2 Å². The molecule has 0 bridgehead atoms. The van der Waals surface area contributed by atoms with Gasteiger partial charge in [-0.1, -0.05) is 18.6 Å². The van der Waals surface area contributed by atoms with E-state index in [4.69, 9.17) is 4.98 Å². The highest BCUT2D eigenvalue weighted by atomic mass is 19.1. The first kappa shape index (κ1) is 18.6. The Labute approximate surface area is 164 Å². The molecule has 6 heteroatoms. The average molecular weight is 380 g/mol. The summed E-state index contributed by atoms with van der Waals surface area (Å²) >= 11 is 0. The van der Waals surface area contributed by atoms with E-state index in [1.807, 2.05) is 13.1 Å². The molecule has 4 rings (SSSR count). The van der Waals surface area contributed by atoms with E-state index in [-0.39, 0.29) is 11.6 Å². The van der Waals surface area contributed by atoms with Gasteiger partial charge in [0, 0.05) is 25.0 Å². The molecule has 28 heavy (non-hydrogen) atoms. The summed E-state index contributed by atoms with van der Waals surface area (Å²) in [6.45, 7) is 1.90. The van der Waals surface area contributed by atoms with Gasteiger partial charge in [-0.15, -0.1) is 0 Å². The van der Waals surface area contributed by atoms with Crippen molar-refractivity contribution in [3.05, 3.63) is 48.3 Å². The molecule has 2 aromatic carbocycles. The molecular formula is C22H25FN4O. The van der Waals surface area contributed by atoms with Crippen LogP contribution in [0.4, 0.5) is 10.2 Å². The fourth-order valence-electron chi connectivity index (χ4n) is 3.94. The largest absolute Gasteiger partial charge is 0.507 e. The predicted octanol–water partition coefficient (Wildman–Crippen LogP) is 4.06. The minimum Gasteiger partial charge on any atom is -0.507 e. The molecule has 1 N–H and O–H groups in total. The van der Waals surface area contributed by atoms with Gasteiger partial charge in [0.25, 0.3) is 0 Å². The molecule has 0 radical (unpaired) electrons. The van der Waals surface area contributed by atoms with Crippen molar-refractivity contribution in [1.82, 2.24) is 14.9 Å². The van der Waals surface area contributed by atoms with Crippen LogP contribution in [0.2, 0.25) is 0 Å². The van der Waals surface area contributed by atoms with Gasteiger partial charge in [0.1, 0.15) is 17.4 Å². The summed E-state index contributed by atoms with van der Waals surface area (Å²) in [5, 5.41) is 10.9. The molecular weight excluding hydrogens is 355 g/mol. The van der Waals surface area contributed by atoms with Gasteiger partial charge >= 0.3 is 0 Å². The average Bonchev–Trinajstić information content (AvgIpc) is 2.69. The molecule has 146 valence electrons. The monoisotopic (exact) mass is 380 g/mol. The number of benzene rings is 2. The second kappa shape index (κ2) is 7.72. The predicted molar refractivity (Wildman–Crippen MR) is 110 cm³/mol. The van der Waals surface area contributed by atoms with Gasteiger partial charge in [0.15, 0.2) is 5.82 Å². The van der Waals surface area contributed by atoms with Crippen molar-refractivity contribution in [2.75, 3.05) is 32.1 Å². The summed E-state index contributed by atoms with van der Waals surface area (Å²) in [6.07, 6.45) is 3.60. The van der Waals surface area contributed by atoms with Crippen LogP contribution in [0, 0.1) is 5.82 Å². The first-order valence-corrected chi connectivity index (χ1v) is 9.70. The molecule has 1 atom stereocenters. The zero-order chi connectivity index (χ0) is 19.7. The zero-order valence-electron chi connectivity index (χ0n) is 16.3. The van der Waals surface area contributed by atoms with Crippen LogP contribution < -0.4 is 4.90 Å². The van der Waals surface area contributed by atoms with E-state index in [1.54, 1.807) is 24.3 Å². The molecule has 0 aliphatic carbocycles. The summed E-state index contributed by atoms with van der Waals surface area (Å²) in [5.41, 5.74) is 1.23. The maximum atomic E-state index is 14.0. The van der Waals surface area contributed by atoms with Gasteiger partial charge in [0.05, 0.1) is 11.1 Å². The molecule has 0 amide bonds. The van der Waals surface area contributed by atoms with E-state index < -0.39 is 0 Å². The Balaban J connectivity index is 1.78. The maximum absolute atomic E-state index is 14.0. The second-order valence-electron chi connectivity index (χ2n) is 7.56. The Kier molecular flexibility index (Phi) is 5.13. The third-order valence-electron chi connectivity index (χ3n) is 5.55. The molecule has 1 fully saturated rings. The number of halogens is 1. The number of hydrogen-bond donors (Lipinski definition) is 1. The zero-order valence-corrected chi connectivity index (χ0v) is 16.3. The van der Waals surface area contributed by atoms with Gasteiger partial charge in [-0.2, -0.15) is 0 Å². The van der Waals surface area contributed by atoms with Crippen molar-refractivity contribution in [3.63, 3.8) is 0 Å². The van der Waals surface area contributed by atoms with Crippen molar-refractivity contribution < 1.29 is 9.50 Å². The normalized spacial score (nSPS) is 17.8. The maximum Gasteiger partial charge on any atom is 0.165 e. The number of fused-ring (bicyclic) bond motifs is 1. The summed E-state index contributed by atoms with van der Waals surface area (Å²) < 4.78 is 14.0. The van der Waals surface area contributed by atoms with E-state index in [1.165, 1.54) is 25.0 Å². The number of nitrogens with zero attached hydrogens (tertiary/aromatic N) is 4. The SMILES string of the molecule is CN(CC1CCCCN1C)c1nc(-c2ccccc2O)nc2ccc(F)cc12. The lowest BCUT2D eigenvalue weighted by molar-refractivity contribution is 0.189.